The molecular formula is C14H20N2O3S. The van der Waals surface area contributed by atoms with Gasteiger partial charge in [-0.05, 0) is 18.8 Å². The maximum Gasteiger partial charge on any atom is 0.343 e. The molecule has 5 nitrogen and oxygen atoms in total. The number of nitrogen functional groups attached to an aromatic ring is 1. The van der Waals surface area contributed by atoms with Crippen molar-refractivity contribution in [2.75, 3.05) is 31.3 Å². The molecule has 110 valence electrons. The molecule has 0 radical (unpaired) electrons. The largest absolute Gasteiger partial charge is 0.465 e. The van der Waals surface area contributed by atoms with Crippen molar-refractivity contribution in [3.63, 3.8) is 0 Å². The van der Waals surface area contributed by atoms with Gasteiger partial charge >= 0.3 is 5.97 Å². The molecule has 2 rings (SSSR count). The normalized spacial score (nSPS) is 14.8. The second kappa shape index (κ2) is 5.83. The van der Waals surface area contributed by atoms with E-state index in [1.165, 1.54) is 44.6 Å². The molecule has 1 aliphatic carbocycles. The number of hydrogen-bond donors (Lipinski definition) is 1. The lowest BCUT2D eigenvalue weighted by atomic mass is 9.85. The molecule has 1 aromatic heterocycles. The Balaban J connectivity index is 2.36. The van der Waals surface area contributed by atoms with Gasteiger partial charge in [0.05, 0.1) is 17.7 Å². The minimum atomic E-state index is -0.485. The van der Waals surface area contributed by atoms with Crippen molar-refractivity contribution >= 4 is 33.8 Å². The van der Waals surface area contributed by atoms with Crippen LogP contribution in [0, 0.1) is 5.92 Å². The number of rotatable bonds is 5. The number of nitrogens with zero attached hydrogens (tertiary/aromatic N) is 1. The summed E-state index contributed by atoms with van der Waals surface area (Å²) in [6, 6.07) is 0. The van der Waals surface area contributed by atoms with Gasteiger partial charge in [0.1, 0.15) is 10.6 Å². The standard InChI is InChI=1S/C14H20N2O3S/c1-8(17)12-11(15)10(14(18)19-3)13(20-12)16(2)7-9-5-4-6-9/h9H,4-7,15H2,1-3H3. The van der Waals surface area contributed by atoms with Gasteiger partial charge in [-0.15, -0.1) is 11.3 Å². The monoisotopic (exact) mass is 296 g/mol. The highest BCUT2D eigenvalue weighted by Crippen LogP contribution is 2.40. The molecule has 2 N–H and O–H groups in total. The lowest BCUT2D eigenvalue weighted by Gasteiger charge is -2.30. The molecule has 6 heteroatoms. The van der Waals surface area contributed by atoms with Gasteiger partial charge < -0.3 is 15.4 Å². The van der Waals surface area contributed by atoms with Gasteiger partial charge in [0, 0.05) is 20.5 Å². The zero-order valence-electron chi connectivity index (χ0n) is 12.1. The fraction of sp³-hybridized carbons (Fsp3) is 0.571. The number of thiophene rings is 1. The van der Waals surface area contributed by atoms with Gasteiger partial charge in [0.15, 0.2) is 5.78 Å². The summed E-state index contributed by atoms with van der Waals surface area (Å²) in [7, 11) is 3.25. The Labute approximate surface area is 122 Å². The summed E-state index contributed by atoms with van der Waals surface area (Å²) < 4.78 is 4.80. The molecule has 1 saturated carbocycles. The number of hydrogen-bond acceptors (Lipinski definition) is 6. The van der Waals surface area contributed by atoms with Gasteiger partial charge in [-0.3, -0.25) is 4.79 Å². The van der Waals surface area contributed by atoms with E-state index in [1.807, 2.05) is 11.9 Å². The molecule has 1 aromatic rings. The van der Waals surface area contributed by atoms with Crippen LogP contribution in [0.1, 0.15) is 46.2 Å². The third-order valence-corrected chi connectivity index (χ3v) is 5.16. The molecule has 0 atom stereocenters. The number of nitrogens with two attached hydrogens (primary N) is 1. The summed E-state index contributed by atoms with van der Waals surface area (Å²) in [6.07, 6.45) is 3.71. The lowest BCUT2D eigenvalue weighted by molar-refractivity contribution is 0.0603. The first-order valence-electron chi connectivity index (χ1n) is 6.68. The van der Waals surface area contributed by atoms with Crippen LogP contribution in [0.2, 0.25) is 0 Å². The van der Waals surface area contributed by atoms with E-state index < -0.39 is 5.97 Å². The maximum atomic E-state index is 11.9. The van der Waals surface area contributed by atoms with Crippen LogP contribution in [0.4, 0.5) is 10.7 Å². The van der Waals surface area contributed by atoms with Crippen LogP contribution in [0.5, 0.6) is 0 Å². The summed E-state index contributed by atoms with van der Waals surface area (Å²) in [4.78, 5) is 26.0. The first kappa shape index (κ1) is 14.8. The SMILES string of the molecule is COC(=O)c1c(N(C)CC2CCC2)sc(C(C)=O)c1N. The number of ketones is 1. The van der Waals surface area contributed by atoms with E-state index in [0.29, 0.717) is 16.4 Å². The highest BCUT2D eigenvalue weighted by molar-refractivity contribution is 7.19. The zero-order chi connectivity index (χ0) is 14.9. The molecule has 0 amide bonds. The summed E-state index contributed by atoms with van der Waals surface area (Å²) in [5.41, 5.74) is 6.52. The molecule has 20 heavy (non-hydrogen) atoms. The molecule has 0 unspecified atom stereocenters. The van der Waals surface area contributed by atoms with Crippen LogP contribution in [-0.2, 0) is 4.74 Å². The van der Waals surface area contributed by atoms with Crippen molar-refractivity contribution in [1.82, 2.24) is 0 Å². The Morgan fingerprint density at radius 3 is 2.55 bits per heavy atom. The summed E-state index contributed by atoms with van der Waals surface area (Å²) in [5, 5.41) is 0.728. The fourth-order valence-electron chi connectivity index (χ4n) is 2.41. The number of carbonyl (C=O) groups is 2. The topological polar surface area (TPSA) is 72.6 Å². The molecule has 0 aromatic carbocycles. The van der Waals surface area contributed by atoms with Crippen molar-refractivity contribution in [3.05, 3.63) is 10.4 Å². The van der Waals surface area contributed by atoms with E-state index in [9.17, 15) is 9.59 Å². The molecule has 0 spiro atoms. The average molecular weight is 296 g/mol. The van der Waals surface area contributed by atoms with Crippen molar-refractivity contribution < 1.29 is 14.3 Å². The second-order valence-electron chi connectivity index (χ2n) is 5.25. The number of Topliss-reactive ketones (excluding diaryl/α,β-unsaturated/α-hetero) is 1. The molecular weight excluding hydrogens is 276 g/mol. The Bertz CT molecular complexity index is 535. The average Bonchev–Trinajstić information content (AvgIpc) is 2.70. The first-order valence-corrected chi connectivity index (χ1v) is 7.50. The minimum Gasteiger partial charge on any atom is -0.465 e. The quantitative estimate of drug-likeness (QED) is 0.668. The van der Waals surface area contributed by atoms with Crippen LogP contribution in [-0.4, -0.2) is 32.5 Å². The number of esters is 1. The van der Waals surface area contributed by atoms with E-state index in [2.05, 4.69) is 0 Å². The lowest BCUT2D eigenvalue weighted by Crippen LogP contribution is -2.29. The Kier molecular flexibility index (Phi) is 4.32. The van der Waals surface area contributed by atoms with Gasteiger partial charge in [0.2, 0.25) is 0 Å². The predicted octanol–water partition coefficient (Wildman–Crippen LogP) is 2.56. The van der Waals surface area contributed by atoms with Crippen LogP contribution in [0.3, 0.4) is 0 Å². The molecule has 1 fully saturated rings. The van der Waals surface area contributed by atoms with Crippen molar-refractivity contribution in [3.8, 4) is 0 Å². The second-order valence-corrected chi connectivity index (χ2v) is 6.25. The molecule has 0 aliphatic heterocycles. The van der Waals surface area contributed by atoms with E-state index in [4.69, 9.17) is 10.5 Å². The third-order valence-electron chi connectivity index (χ3n) is 3.74. The predicted molar refractivity (Wildman–Crippen MR) is 80.7 cm³/mol. The van der Waals surface area contributed by atoms with Crippen molar-refractivity contribution in [1.29, 1.82) is 0 Å². The van der Waals surface area contributed by atoms with Gasteiger partial charge in [-0.25, -0.2) is 4.79 Å². The Morgan fingerprint density at radius 1 is 1.45 bits per heavy atom. The van der Waals surface area contributed by atoms with E-state index in [1.54, 1.807) is 0 Å². The number of ether oxygens (including phenoxy) is 1. The number of methoxy groups -OCH3 is 1. The number of carbonyl (C=O) groups excluding carboxylic acids is 2. The minimum absolute atomic E-state index is 0.124. The molecule has 0 saturated heterocycles. The highest BCUT2D eigenvalue weighted by atomic mass is 32.1. The van der Waals surface area contributed by atoms with Crippen molar-refractivity contribution in [2.24, 2.45) is 5.92 Å². The fourth-order valence-corrected chi connectivity index (χ4v) is 3.48. The van der Waals surface area contributed by atoms with Crippen LogP contribution >= 0.6 is 11.3 Å². The zero-order valence-corrected chi connectivity index (χ0v) is 12.9. The van der Waals surface area contributed by atoms with Crippen LogP contribution < -0.4 is 10.6 Å². The highest BCUT2D eigenvalue weighted by Gasteiger charge is 2.28. The molecule has 1 aliphatic rings. The van der Waals surface area contributed by atoms with E-state index in [0.717, 1.165) is 11.5 Å². The smallest absolute Gasteiger partial charge is 0.343 e. The first-order chi connectivity index (χ1) is 9.45. The van der Waals surface area contributed by atoms with Gasteiger partial charge in [0.25, 0.3) is 0 Å². The van der Waals surface area contributed by atoms with E-state index >= 15 is 0 Å². The van der Waals surface area contributed by atoms with Crippen LogP contribution in [0.15, 0.2) is 0 Å². The number of anilines is 2. The van der Waals surface area contributed by atoms with Gasteiger partial charge in [-0.2, -0.15) is 0 Å². The Hall–Kier alpha value is -1.56. The van der Waals surface area contributed by atoms with Crippen molar-refractivity contribution in [2.45, 2.75) is 26.2 Å². The van der Waals surface area contributed by atoms with E-state index in [-0.39, 0.29) is 11.5 Å². The summed E-state index contributed by atoms with van der Waals surface area (Å²) in [6.45, 7) is 2.33. The molecule has 0 bridgehead atoms. The van der Waals surface area contributed by atoms with Gasteiger partial charge in [-0.1, -0.05) is 6.42 Å². The summed E-state index contributed by atoms with van der Waals surface area (Å²) in [5.74, 6) is 0.0530. The molecule has 1 heterocycles. The third kappa shape index (κ3) is 2.65. The Morgan fingerprint density at radius 2 is 2.10 bits per heavy atom. The summed E-state index contributed by atoms with van der Waals surface area (Å²) >= 11 is 1.27. The maximum absolute atomic E-state index is 11.9. The van der Waals surface area contributed by atoms with Crippen LogP contribution in [0.25, 0.3) is 0 Å².